The van der Waals surface area contributed by atoms with Gasteiger partial charge in [-0.25, -0.2) is 0 Å². The number of carbonyl (C=O) groups excluding carboxylic acids is 1. The molecule has 0 bridgehead atoms. The van der Waals surface area contributed by atoms with Gasteiger partial charge in [0, 0.05) is 19.7 Å². The average molecular weight is 176 g/mol. The van der Waals surface area contributed by atoms with Crippen LogP contribution < -0.4 is 0 Å². The lowest BCUT2D eigenvalue weighted by atomic mass is 10.2. The SMILES string of the molecule is CN(C)C=NC(=O)c1ccccc1. The van der Waals surface area contributed by atoms with Gasteiger partial charge in [-0.2, -0.15) is 4.99 Å². The van der Waals surface area contributed by atoms with E-state index in [0.717, 1.165) is 0 Å². The van der Waals surface area contributed by atoms with Crippen LogP contribution in [0, 0.1) is 0 Å². The van der Waals surface area contributed by atoms with Crippen molar-refractivity contribution in [2.24, 2.45) is 4.99 Å². The molecule has 3 heteroatoms. The smallest absolute Gasteiger partial charge is 0.278 e. The van der Waals surface area contributed by atoms with E-state index in [1.54, 1.807) is 17.0 Å². The number of carbonyl (C=O) groups is 1. The third kappa shape index (κ3) is 3.07. The second-order valence-electron chi connectivity index (χ2n) is 2.88. The van der Waals surface area contributed by atoms with Gasteiger partial charge in [0.2, 0.25) is 0 Å². The molecule has 0 saturated carbocycles. The Hall–Kier alpha value is -1.64. The molecule has 1 amide bonds. The third-order valence-electron chi connectivity index (χ3n) is 1.43. The first kappa shape index (κ1) is 9.45. The number of rotatable bonds is 2. The van der Waals surface area contributed by atoms with Crippen molar-refractivity contribution < 1.29 is 4.79 Å². The normalized spacial score (nSPS) is 10.3. The summed E-state index contributed by atoms with van der Waals surface area (Å²) in [4.78, 5) is 16.8. The van der Waals surface area contributed by atoms with E-state index in [0.29, 0.717) is 5.56 Å². The summed E-state index contributed by atoms with van der Waals surface area (Å²) < 4.78 is 0. The van der Waals surface area contributed by atoms with Crippen LogP contribution in [0.25, 0.3) is 0 Å². The van der Waals surface area contributed by atoms with Crippen LogP contribution >= 0.6 is 0 Å². The average Bonchev–Trinajstić information content (AvgIpc) is 2.15. The molecule has 0 radical (unpaired) electrons. The zero-order valence-electron chi connectivity index (χ0n) is 7.77. The van der Waals surface area contributed by atoms with Crippen molar-refractivity contribution in [3.8, 4) is 0 Å². The van der Waals surface area contributed by atoms with Gasteiger partial charge in [-0.15, -0.1) is 0 Å². The van der Waals surface area contributed by atoms with E-state index < -0.39 is 0 Å². The van der Waals surface area contributed by atoms with Crippen LogP contribution in [0.2, 0.25) is 0 Å². The van der Waals surface area contributed by atoms with E-state index in [2.05, 4.69) is 4.99 Å². The highest BCUT2D eigenvalue weighted by atomic mass is 16.1. The topological polar surface area (TPSA) is 32.7 Å². The molecule has 0 aliphatic heterocycles. The molecule has 0 heterocycles. The number of hydrogen-bond acceptors (Lipinski definition) is 1. The Kier molecular flexibility index (Phi) is 3.20. The third-order valence-corrected chi connectivity index (χ3v) is 1.43. The van der Waals surface area contributed by atoms with Gasteiger partial charge in [-0.1, -0.05) is 18.2 Å². The van der Waals surface area contributed by atoms with Crippen molar-refractivity contribution >= 4 is 12.2 Å². The quantitative estimate of drug-likeness (QED) is 0.504. The lowest BCUT2D eigenvalue weighted by Crippen LogP contribution is -2.09. The number of hydrogen-bond donors (Lipinski definition) is 0. The molecule has 0 unspecified atom stereocenters. The molecule has 0 fully saturated rings. The number of nitrogens with zero attached hydrogens (tertiary/aromatic N) is 2. The molecule has 0 atom stereocenters. The van der Waals surface area contributed by atoms with Crippen molar-refractivity contribution in [2.75, 3.05) is 14.1 Å². The van der Waals surface area contributed by atoms with Crippen LogP contribution in [0.15, 0.2) is 35.3 Å². The monoisotopic (exact) mass is 176 g/mol. The molecule has 13 heavy (non-hydrogen) atoms. The molecule has 1 aromatic rings. The molecule has 68 valence electrons. The lowest BCUT2D eigenvalue weighted by Gasteiger charge is -2.01. The summed E-state index contributed by atoms with van der Waals surface area (Å²) in [5, 5.41) is 0. The molecule has 0 aliphatic carbocycles. The predicted octanol–water partition coefficient (Wildman–Crippen LogP) is 1.42. The Labute approximate surface area is 77.7 Å². The van der Waals surface area contributed by atoms with Gasteiger partial charge < -0.3 is 4.90 Å². The van der Waals surface area contributed by atoms with Crippen LogP contribution in [-0.2, 0) is 0 Å². The zero-order chi connectivity index (χ0) is 9.68. The highest BCUT2D eigenvalue weighted by Gasteiger charge is 1.99. The van der Waals surface area contributed by atoms with E-state index in [-0.39, 0.29) is 5.91 Å². The molecular formula is C10H12N2O. The summed E-state index contributed by atoms with van der Waals surface area (Å²) >= 11 is 0. The minimum atomic E-state index is -0.214. The van der Waals surface area contributed by atoms with Gasteiger partial charge in [-0.05, 0) is 12.1 Å². The molecule has 1 rings (SSSR count). The lowest BCUT2D eigenvalue weighted by molar-refractivity contribution is 0.100. The first-order valence-electron chi connectivity index (χ1n) is 4.00. The fourth-order valence-corrected chi connectivity index (χ4v) is 0.823. The molecule has 1 aromatic carbocycles. The number of amides is 1. The molecular weight excluding hydrogens is 164 g/mol. The second kappa shape index (κ2) is 4.40. The maximum Gasteiger partial charge on any atom is 0.278 e. The summed E-state index contributed by atoms with van der Waals surface area (Å²) in [6.07, 6.45) is 1.50. The molecule has 0 N–H and O–H groups in total. The van der Waals surface area contributed by atoms with Gasteiger partial charge in [0.25, 0.3) is 5.91 Å². The molecule has 0 aromatic heterocycles. The van der Waals surface area contributed by atoms with Crippen LogP contribution in [0.1, 0.15) is 10.4 Å². The van der Waals surface area contributed by atoms with Gasteiger partial charge >= 0.3 is 0 Å². The number of benzene rings is 1. The van der Waals surface area contributed by atoms with E-state index in [4.69, 9.17) is 0 Å². The summed E-state index contributed by atoms with van der Waals surface area (Å²) in [5.74, 6) is -0.214. The Morgan fingerprint density at radius 1 is 1.31 bits per heavy atom. The fraction of sp³-hybridized carbons (Fsp3) is 0.200. The van der Waals surface area contributed by atoms with Crippen LogP contribution in [0.5, 0.6) is 0 Å². The predicted molar refractivity (Wildman–Crippen MR) is 53.0 cm³/mol. The highest BCUT2D eigenvalue weighted by Crippen LogP contribution is 1.99. The molecule has 3 nitrogen and oxygen atoms in total. The van der Waals surface area contributed by atoms with Crippen molar-refractivity contribution in [1.82, 2.24) is 4.90 Å². The molecule has 0 spiro atoms. The van der Waals surface area contributed by atoms with Gasteiger partial charge in [-0.3, -0.25) is 4.79 Å². The van der Waals surface area contributed by atoms with Crippen molar-refractivity contribution in [1.29, 1.82) is 0 Å². The molecule has 0 saturated heterocycles. The van der Waals surface area contributed by atoms with E-state index >= 15 is 0 Å². The Bertz CT molecular complexity index is 304. The summed E-state index contributed by atoms with van der Waals surface area (Å²) in [6.45, 7) is 0. The minimum absolute atomic E-state index is 0.214. The van der Waals surface area contributed by atoms with Crippen molar-refractivity contribution in [2.45, 2.75) is 0 Å². The van der Waals surface area contributed by atoms with Crippen LogP contribution in [0.3, 0.4) is 0 Å². The minimum Gasteiger partial charge on any atom is -0.369 e. The van der Waals surface area contributed by atoms with Crippen molar-refractivity contribution in [3.63, 3.8) is 0 Å². The van der Waals surface area contributed by atoms with Gasteiger partial charge in [0.1, 0.15) is 0 Å². The largest absolute Gasteiger partial charge is 0.369 e. The summed E-state index contributed by atoms with van der Waals surface area (Å²) in [7, 11) is 3.64. The maximum atomic E-state index is 11.3. The first-order valence-corrected chi connectivity index (χ1v) is 4.00. The second-order valence-corrected chi connectivity index (χ2v) is 2.88. The van der Waals surface area contributed by atoms with Crippen LogP contribution in [-0.4, -0.2) is 31.2 Å². The standard InChI is InChI=1S/C10H12N2O/c1-12(2)8-11-10(13)9-6-4-3-5-7-9/h3-8H,1-2H3. The Balaban J connectivity index is 2.70. The van der Waals surface area contributed by atoms with Gasteiger partial charge in [0.05, 0.1) is 6.34 Å². The Morgan fingerprint density at radius 3 is 2.46 bits per heavy atom. The van der Waals surface area contributed by atoms with Gasteiger partial charge in [0.15, 0.2) is 0 Å². The summed E-state index contributed by atoms with van der Waals surface area (Å²) in [5.41, 5.74) is 0.612. The fourth-order valence-electron chi connectivity index (χ4n) is 0.823. The van der Waals surface area contributed by atoms with E-state index in [1.807, 2.05) is 32.3 Å². The van der Waals surface area contributed by atoms with Crippen LogP contribution in [0.4, 0.5) is 0 Å². The maximum absolute atomic E-state index is 11.3. The highest BCUT2D eigenvalue weighted by molar-refractivity contribution is 5.98. The van der Waals surface area contributed by atoms with E-state index in [9.17, 15) is 4.79 Å². The Morgan fingerprint density at radius 2 is 1.92 bits per heavy atom. The zero-order valence-corrected chi connectivity index (χ0v) is 7.77. The summed E-state index contributed by atoms with van der Waals surface area (Å²) in [6, 6.07) is 8.99. The molecule has 0 aliphatic rings. The van der Waals surface area contributed by atoms with Crippen molar-refractivity contribution in [3.05, 3.63) is 35.9 Å². The van der Waals surface area contributed by atoms with E-state index in [1.165, 1.54) is 6.34 Å². The first-order chi connectivity index (χ1) is 6.20. The number of aliphatic imine (C=N–C) groups is 1.